The van der Waals surface area contributed by atoms with Crippen LogP contribution in [0.5, 0.6) is 5.75 Å². The summed E-state index contributed by atoms with van der Waals surface area (Å²) in [7, 11) is 1.57. The predicted octanol–water partition coefficient (Wildman–Crippen LogP) is 3.77. The Hall–Kier alpha value is -3.15. The molecule has 1 aromatic carbocycles. The number of nitrogens with zero attached hydrogens (tertiary/aromatic N) is 3. The molecule has 1 unspecified atom stereocenters. The second-order valence-corrected chi connectivity index (χ2v) is 6.76. The smallest absolute Gasteiger partial charge is 0.275 e. The molecule has 0 saturated carbocycles. The number of anilines is 1. The van der Waals surface area contributed by atoms with Gasteiger partial charge in [-0.25, -0.2) is 9.67 Å². The molecule has 1 atom stereocenters. The second-order valence-electron chi connectivity index (χ2n) is 6.76. The number of pyridine rings is 1. The van der Waals surface area contributed by atoms with Crippen LogP contribution in [0.3, 0.4) is 0 Å². The van der Waals surface area contributed by atoms with E-state index < -0.39 is 0 Å². The van der Waals surface area contributed by atoms with Gasteiger partial charge in [-0.3, -0.25) is 4.79 Å². The van der Waals surface area contributed by atoms with Crippen LogP contribution in [0.25, 0.3) is 0 Å². The number of ether oxygens (including phenoxy) is 1. The maximum atomic E-state index is 12.7. The van der Waals surface area contributed by atoms with Gasteiger partial charge in [-0.2, -0.15) is 5.10 Å². The maximum Gasteiger partial charge on any atom is 0.275 e. The van der Waals surface area contributed by atoms with Crippen molar-refractivity contribution in [3.05, 3.63) is 71.2 Å². The van der Waals surface area contributed by atoms with Gasteiger partial charge in [-0.15, -0.1) is 0 Å². The van der Waals surface area contributed by atoms with Crippen LogP contribution in [0, 0.1) is 6.92 Å². The molecule has 6 nitrogen and oxygen atoms in total. The van der Waals surface area contributed by atoms with E-state index in [1.807, 2.05) is 11.6 Å². The van der Waals surface area contributed by atoms with Crippen molar-refractivity contribution >= 4 is 11.7 Å². The first-order valence-electron chi connectivity index (χ1n) is 9.10. The number of aryl methyl sites for hydroxylation is 2. The van der Waals surface area contributed by atoms with E-state index in [2.05, 4.69) is 39.7 Å². The Morgan fingerprint density at radius 3 is 2.85 bits per heavy atom. The monoisotopic (exact) mass is 362 g/mol. The summed E-state index contributed by atoms with van der Waals surface area (Å²) in [5.41, 5.74) is 3.91. The first-order chi connectivity index (χ1) is 13.2. The molecule has 27 heavy (non-hydrogen) atoms. The number of nitrogens with one attached hydrogen (secondary N) is 1. The van der Waals surface area contributed by atoms with E-state index in [9.17, 15) is 4.79 Å². The highest BCUT2D eigenvalue weighted by molar-refractivity contribution is 6.02. The molecule has 0 radical (unpaired) electrons. The number of fused-ring (bicyclic) bond motifs is 1. The summed E-state index contributed by atoms with van der Waals surface area (Å²) < 4.78 is 7.04. The van der Waals surface area contributed by atoms with Crippen LogP contribution in [-0.2, 0) is 6.42 Å². The maximum absolute atomic E-state index is 12.7. The van der Waals surface area contributed by atoms with Crippen LogP contribution < -0.4 is 10.1 Å². The fourth-order valence-electron chi connectivity index (χ4n) is 3.63. The average Bonchev–Trinajstić information content (AvgIpc) is 3.07. The van der Waals surface area contributed by atoms with Crippen LogP contribution in [0.1, 0.15) is 46.1 Å². The summed E-state index contributed by atoms with van der Waals surface area (Å²) in [6.07, 6.45) is 6.53. The van der Waals surface area contributed by atoms with E-state index in [1.165, 1.54) is 17.3 Å². The molecular formula is C21H22N4O2. The van der Waals surface area contributed by atoms with Crippen LogP contribution >= 0.6 is 0 Å². The van der Waals surface area contributed by atoms with Gasteiger partial charge < -0.3 is 10.1 Å². The van der Waals surface area contributed by atoms with E-state index in [0.29, 0.717) is 11.4 Å². The van der Waals surface area contributed by atoms with Crippen molar-refractivity contribution in [1.82, 2.24) is 14.8 Å². The number of carbonyl (C=O) groups is 1. The highest BCUT2D eigenvalue weighted by atomic mass is 16.5. The number of rotatable bonds is 4. The minimum atomic E-state index is -0.258. The van der Waals surface area contributed by atoms with Gasteiger partial charge in [-0.1, -0.05) is 24.3 Å². The van der Waals surface area contributed by atoms with Crippen molar-refractivity contribution in [1.29, 1.82) is 0 Å². The van der Waals surface area contributed by atoms with E-state index in [-0.39, 0.29) is 11.9 Å². The minimum absolute atomic E-state index is 0.128. The molecule has 4 rings (SSSR count). The van der Waals surface area contributed by atoms with Crippen molar-refractivity contribution in [3.8, 4) is 5.75 Å². The lowest BCUT2D eigenvalue weighted by Gasteiger charge is -2.27. The third kappa shape index (κ3) is 3.30. The number of hydrogen-bond donors (Lipinski definition) is 1. The fourth-order valence-corrected chi connectivity index (χ4v) is 3.63. The second kappa shape index (κ2) is 7.23. The van der Waals surface area contributed by atoms with E-state index in [0.717, 1.165) is 30.6 Å². The summed E-state index contributed by atoms with van der Waals surface area (Å²) >= 11 is 0. The highest BCUT2D eigenvalue weighted by Gasteiger charge is 2.25. The van der Waals surface area contributed by atoms with E-state index in [4.69, 9.17) is 4.74 Å². The predicted molar refractivity (Wildman–Crippen MR) is 103 cm³/mol. The molecule has 2 aromatic heterocycles. The molecule has 2 heterocycles. The van der Waals surface area contributed by atoms with Crippen molar-refractivity contribution < 1.29 is 9.53 Å². The molecule has 3 aromatic rings. The molecule has 6 heteroatoms. The molecule has 0 saturated heterocycles. The standard InChI is InChI=1S/C21H22N4O2/c1-14-12-23-25(19-9-5-7-15-6-3-4-8-17(15)19)20(14)24-21(26)18-11-10-16(27-2)13-22-18/h3-4,6,8,10-13,19H,5,7,9H2,1-2H3,(H,24,26). The van der Waals surface area contributed by atoms with Gasteiger partial charge in [0.2, 0.25) is 0 Å². The zero-order chi connectivity index (χ0) is 18.8. The quantitative estimate of drug-likeness (QED) is 0.767. The minimum Gasteiger partial charge on any atom is -0.495 e. The molecule has 138 valence electrons. The first-order valence-corrected chi connectivity index (χ1v) is 9.10. The van der Waals surface area contributed by atoms with Crippen LogP contribution in [0.4, 0.5) is 5.82 Å². The largest absolute Gasteiger partial charge is 0.495 e. The summed E-state index contributed by atoms with van der Waals surface area (Å²) in [6, 6.07) is 12.0. The van der Waals surface area contributed by atoms with Crippen molar-refractivity contribution in [3.63, 3.8) is 0 Å². The van der Waals surface area contributed by atoms with Crippen molar-refractivity contribution in [2.24, 2.45) is 0 Å². The Balaban J connectivity index is 1.64. The lowest BCUT2D eigenvalue weighted by molar-refractivity contribution is 0.102. The lowest BCUT2D eigenvalue weighted by atomic mass is 9.88. The zero-order valence-electron chi connectivity index (χ0n) is 15.5. The molecule has 0 spiro atoms. The third-order valence-corrected chi connectivity index (χ3v) is 5.05. The summed E-state index contributed by atoms with van der Waals surface area (Å²) in [5, 5.41) is 7.57. The van der Waals surface area contributed by atoms with Gasteiger partial charge in [0, 0.05) is 5.56 Å². The van der Waals surface area contributed by atoms with E-state index >= 15 is 0 Å². The number of amides is 1. The Labute approximate surface area is 158 Å². The number of hydrogen-bond acceptors (Lipinski definition) is 4. The van der Waals surface area contributed by atoms with Crippen molar-refractivity contribution in [2.75, 3.05) is 12.4 Å². The number of benzene rings is 1. The molecule has 0 fully saturated rings. The Kier molecular flexibility index (Phi) is 4.62. The molecule has 1 aliphatic rings. The Morgan fingerprint density at radius 1 is 1.22 bits per heavy atom. The van der Waals surface area contributed by atoms with Gasteiger partial charge >= 0.3 is 0 Å². The number of carbonyl (C=O) groups excluding carboxylic acids is 1. The number of methoxy groups -OCH3 is 1. The van der Waals surface area contributed by atoms with Crippen LogP contribution in [-0.4, -0.2) is 27.8 Å². The molecule has 0 bridgehead atoms. The third-order valence-electron chi connectivity index (χ3n) is 5.05. The van der Waals surface area contributed by atoms with Gasteiger partial charge in [-0.05, 0) is 49.4 Å². The normalized spacial score (nSPS) is 15.9. The van der Waals surface area contributed by atoms with Gasteiger partial charge in [0.15, 0.2) is 0 Å². The lowest BCUT2D eigenvalue weighted by Crippen LogP contribution is -2.23. The topological polar surface area (TPSA) is 69.0 Å². The molecular weight excluding hydrogens is 340 g/mol. The molecule has 1 aliphatic carbocycles. The SMILES string of the molecule is COc1ccc(C(=O)Nc2c(C)cnn2C2CCCc3ccccc32)nc1. The number of aromatic nitrogens is 3. The summed E-state index contributed by atoms with van der Waals surface area (Å²) in [5.74, 6) is 1.08. The first kappa shape index (κ1) is 17.3. The highest BCUT2D eigenvalue weighted by Crippen LogP contribution is 2.35. The Morgan fingerprint density at radius 2 is 2.07 bits per heavy atom. The van der Waals surface area contributed by atoms with Gasteiger partial charge in [0.1, 0.15) is 17.3 Å². The van der Waals surface area contributed by atoms with Crippen LogP contribution in [0.2, 0.25) is 0 Å². The van der Waals surface area contributed by atoms with Crippen molar-refractivity contribution in [2.45, 2.75) is 32.2 Å². The van der Waals surface area contributed by atoms with Gasteiger partial charge in [0.25, 0.3) is 5.91 Å². The molecule has 1 amide bonds. The average molecular weight is 362 g/mol. The molecule has 1 N–H and O–H groups in total. The van der Waals surface area contributed by atoms with Gasteiger partial charge in [0.05, 0.1) is 25.5 Å². The summed E-state index contributed by atoms with van der Waals surface area (Å²) in [6.45, 7) is 1.95. The summed E-state index contributed by atoms with van der Waals surface area (Å²) in [4.78, 5) is 16.9. The van der Waals surface area contributed by atoms with E-state index in [1.54, 1.807) is 25.4 Å². The zero-order valence-corrected chi connectivity index (χ0v) is 15.5. The van der Waals surface area contributed by atoms with Crippen LogP contribution in [0.15, 0.2) is 48.8 Å². The Bertz CT molecular complexity index is 963. The molecule has 0 aliphatic heterocycles. The fraction of sp³-hybridized carbons (Fsp3) is 0.286.